The number of rotatable bonds is 3. The Morgan fingerprint density at radius 1 is 1.47 bits per heavy atom. The van der Waals surface area contributed by atoms with Gasteiger partial charge in [0.2, 0.25) is 0 Å². The van der Waals surface area contributed by atoms with E-state index in [0.717, 1.165) is 19.3 Å². The van der Waals surface area contributed by atoms with Crippen LogP contribution in [0.2, 0.25) is 0 Å². The van der Waals surface area contributed by atoms with E-state index in [0.29, 0.717) is 11.3 Å². The highest BCUT2D eigenvalue weighted by Gasteiger charge is 2.12. The van der Waals surface area contributed by atoms with Crippen LogP contribution in [0.4, 0.5) is 4.39 Å². The molecule has 2 rings (SSSR count). The average Bonchev–Trinajstić information content (AvgIpc) is 2.30. The molecule has 2 atom stereocenters. The third kappa shape index (κ3) is 3.07. The molecule has 2 nitrogen and oxygen atoms in total. The number of nitrogens with two attached hydrogens (primary N) is 1. The molecule has 0 saturated heterocycles. The molecule has 1 aromatic carbocycles. The summed E-state index contributed by atoms with van der Waals surface area (Å²) in [6, 6.07) is 4.60. The Morgan fingerprint density at radius 3 is 2.88 bits per heavy atom. The minimum absolute atomic E-state index is 0.0734. The van der Waals surface area contributed by atoms with E-state index in [2.05, 4.69) is 6.08 Å². The molecule has 0 saturated carbocycles. The standard InChI is InChI=1S/C14H18FNO/c1-10(16)13-8-7-12(9-14(13)15)17-11-5-3-2-4-6-11/h3,5,7-11H,2,4,6,16H2,1H3. The minimum atomic E-state index is -0.294. The number of hydrogen-bond acceptors (Lipinski definition) is 2. The maximum atomic E-state index is 13.7. The van der Waals surface area contributed by atoms with Crippen molar-refractivity contribution >= 4 is 0 Å². The molecule has 17 heavy (non-hydrogen) atoms. The lowest BCUT2D eigenvalue weighted by atomic mass is 10.1. The summed E-state index contributed by atoms with van der Waals surface area (Å²) in [7, 11) is 0. The third-order valence-electron chi connectivity index (χ3n) is 2.96. The fourth-order valence-corrected chi connectivity index (χ4v) is 2.00. The van der Waals surface area contributed by atoms with E-state index in [-0.39, 0.29) is 18.0 Å². The first-order valence-corrected chi connectivity index (χ1v) is 6.05. The van der Waals surface area contributed by atoms with Crippen molar-refractivity contribution in [3.05, 3.63) is 41.7 Å². The van der Waals surface area contributed by atoms with Gasteiger partial charge >= 0.3 is 0 Å². The summed E-state index contributed by atoms with van der Waals surface area (Å²) >= 11 is 0. The molecule has 0 radical (unpaired) electrons. The Balaban J connectivity index is 2.09. The van der Waals surface area contributed by atoms with Crippen LogP contribution in [0.3, 0.4) is 0 Å². The minimum Gasteiger partial charge on any atom is -0.486 e. The molecule has 1 aromatic rings. The molecule has 0 fully saturated rings. The van der Waals surface area contributed by atoms with Crippen molar-refractivity contribution in [2.24, 2.45) is 5.73 Å². The lowest BCUT2D eigenvalue weighted by molar-refractivity contribution is 0.229. The van der Waals surface area contributed by atoms with Gasteiger partial charge in [0.25, 0.3) is 0 Å². The first-order valence-electron chi connectivity index (χ1n) is 6.05. The number of ether oxygens (including phenoxy) is 1. The highest BCUT2D eigenvalue weighted by Crippen LogP contribution is 2.23. The summed E-state index contributed by atoms with van der Waals surface area (Å²) in [6.45, 7) is 1.77. The summed E-state index contributed by atoms with van der Waals surface area (Å²) in [6.07, 6.45) is 7.46. The maximum absolute atomic E-state index is 13.7. The van der Waals surface area contributed by atoms with E-state index in [1.165, 1.54) is 6.07 Å². The van der Waals surface area contributed by atoms with Gasteiger partial charge in [0.05, 0.1) is 0 Å². The molecule has 1 aliphatic rings. The Labute approximate surface area is 101 Å². The van der Waals surface area contributed by atoms with Crippen molar-refractivity contribution in [3.8, 4) is 5.75 Å². The average molecular weight is 235 g/mol. The fourth-order valence-electron chi connectivity index (χ4n) is 2.00. The van der Waals surface area contributed by atoms with Crippen LogP contribution in [-0.4, -0.2) is 6.10 Å². The normalized spacial score (nSPS) is 21.2. The molecule has 0 aliphatic heterocycles. The van der Waals surface area contributed by atoms with E-state index in [9.17, 15) is 4.39 Å². The molecule has 0 heterocycles. The van der Waals surface area contributed by atoms with Gasteiger partial charge in [0, 0.05) is 17.7 Å². The first-order chi connectivity index (χ1) is 8.16. The molecule has 1 aliphatic carbocycles. The summed E-state index contributed by atoms with van der Waals surface area (Å²) in [5.41, 5.74) is 6.18. The summed E-state index contributed by atoms with van der Waals surface area (Å²) in [5.74, 6) is 0.278. The van der Waals surface area contributed by atoms with Gasteiger partial charge in [-0.15, -0.1) is 0 Å². The number of allylic oxidation sites excluding steroid dienone is 1. The first kappa shape index (κ1) is 12.1. The van der Waals surface area contributed by atoms with E-state index in [1.807, 2.05) is 6.08 Å². The fraction of sp³-hybridized carbons (Fsp3) is 0.429. The van der Waals surface area contributed by atoms with Crippen LogP contribution in [0, 0.1) is 5.82 Å². The van der Waals surface area contributed by atoms with Crippen molar-refractivity contribution in [2.75, 3.05) is 0 Å². The lowest BCUT2D eigenvalue weighted by Crippen LogP contribution is -2.16. The summed E-state index contributed by atoms with van der Waals surface area (Å²) in [4.78, 5) is 0. The summed E-state index contributed by atoms with van der Waals surface area (Å²) in [5, 5.41) is 0. The second-order valence-corrected chi connectivity index (χ2v) is 4.49. The smallest absolute Gasteiger partial charge is 0.131 e. The monoisotopic (exact) mass is 235 g/mol. The van der Waals surface area contributed by atoms with Crippen molar-refractivity contribution in [1.82, 2.24) is 0 Å². The van der Waals surface area contributed by atoms with Gasteiger partial charge in [-0.2, -0.15) is 0 Å². The number of benzene rings is 1. The predicted octanol–water partition coefficient (Wildman–Crippen LogP) is 3.33. The number of halogens is 1. The SMILES string of the molecule is CC(N)c1ccc(OC2C=CCCC2)cc1F. The molecule has 0 bridgehead atoms. The maximum Gasteiger partial charge on any atom is 0.131 e. The second-order valence-electron chi connectivity index (χ2n) is 4.49. The van der Waals surface area contributed by atoms with Crippen molar-refractivity contribution in [3.63, 3.8) is 0 Å². The highest BCUT2D eigenvalue weighted by molar-refractivity contribution is 5.31. The molecule has 2 unspecified atom stereocenters. The van der Waals surface area contributed by atoms with Gasteiger partial charge in [0.15, 0.2) is 0 Å². The van der Waals surface area contributed by atoms with Gasteiger partial charge in [-0.1, -0.05) is 12.1 Å². The van der Waals surface area contributed by atoms with Crippen LogP contribution < -0.4 is 10.5 Å². The van der Waals surface area contributed by atoms with Crippen molar-refractivity contribution in [2.45, 2.75) is 38.3 Å². The topological polar surface area (TPSA) is 35.2 Å². The zero-order chi connectivity index (χ0) is 12.3. The molecule has 0 aromatic heterocycles. The highest BCUT2D eigenvalue weighted by atomic mass is 19.1. The molecular weight excluding hydrogens is 217 g/mol. The molecule has 92 valence electrons. The second kappa shape index (κ2) is 5.32. The largest absolute Gasteiger partial charge is 0.486 e. The van der Waals surface area contributed by atoms with E-state index in [4.69, 9.17) is 10.5 Å². The number of hydrogen-bond donors (Lipinski definition) is 1. The van der Waals surface area contributed by atoms with Crippen LogP contribution >= 0.6 is 0 Å². The third-order valence-corrected chi connectivity index (χ3v) is 2.96. The summed E-state index contributed by atoms with van der Waals surface area (Å²) < 4.78 is 19.4. The Hall–Kier alpha value is -1.35. The Bertz CT molecular complexity index is 415. The molecule has 3 heteroatoms. The van der Waals surface area contributed by atoms with Crippen molar-refractivity contribution < 1.29 is 9.13 Å². The van der Waals surface area contributed by atoms with Gasteiger partial charge in [-0.05, 0) is 38.3 Å². The van der Waals surface area contributed by atoms with Crippen LogP contribution in [-0.2, 0) is 0 Å². The Morgan fingerprint density at radius 2 is 2.29 bits per heavy atom. The van der Waals surface area contributed by atoms with Crippen molar-refractivity contribution in [1.29, 1.82) is 0 Å². The molecule has 0 amide bonds. The van der Waals surface area contributed by atoms with Gasteiger partial charge in [-0.25, -0.2) is 4.39 Å². The van der Waals surface area contributed by atoms with Crippen LogP contribution in [0.5, 0.6) is 5.75 Å². The lowest BCUT2D eigenvalue weighted by Gasteiger charge is -2.19. The van der Waals surface area contributed by atoms with Crippen LogP contribution in [0.15, 0.2) is 30.4 Å². The molecule has 2 N–H and O–H groups in total. The quantitative estimate of drug-likeness (QED) is 0.815. The predicted molar refractivity (Wildman–Crippen MR) is 66.4 cm³/mol. The zero-order valence-corrected chi connectivity index (χ0v) is 10.0. The van der Waals surface area contributed by atoms with E-state index < -0.39 is 0 Å². The van der Waals surface area contributed by atoms with Crippen LogP contribution in [0.1, 0.15) is 37.8 Å². The van der Waals surface area contributed by atoms with E-state index >= 15 is 0 Å². The van der Waals surface area contributed by atoms with Gasteiger partial charge in [-0.3, -0.25) is 0 Å². The molecular formula is C14H18FNO. The molecule has 0 spiro atoms. The zero-order valence-electron chi connectivity index (χ0n) is 10.0. The van der Waals surface area contributed by atoms with Gasteiger partial charge < -0.3 is 10.5 Å². The Kier molecular flexibility index (Phi) is 3.79. The van der Waals surface area contributed by atoms with Crippen LogP contribution in [0.25, 0.3) is 0 Å². The van der Waals surface area contributed by atoms with Gasteiger partial charge in [0.1, 0.15) is 17.7 Å². The van der Waals surface area contributed by atoms with E-state index in [1.54, 1.807) is 19.1 Å².